The largest absolute Gasteiger partial charge is 0.494 e. The summed E-state index contributed by atoms with van der Waals surface area (Å²) in [5, 5.41) is 5.26. The van der Waals surface area contributed by atoms with Gasteiger partial charge < -0.3 is 20.1 Å². The lowest BCUT2D eigenvalue weighted by molar-refractivity contribution is -0.120. The summed E-state index contributed by atoms with van der Waals surface area (Å²) in [6.07, 6.45) is -0.176. The maximum Gasteiger partial charge on any atom is 0.407 e. The Morgan fingerprint density at radius 1 is 1.00 bits per heavy atom. The molecule has 0 aliphatic rings. The lowest BCUT2D eigenvalue weighted by Gasteiger charge is -2.08. The van der Waals surface area contributed by atoms with Crippen molar-refractivity contribution < 1.29 is 19.1 Å². The first-order valence-corrected chi connectivity index (χ1v) is 7.04. The van der Waals surface area contributed by atoms with Crippen molar-refractivity contribution in [2.75, 3.05) is 26.3 Å². The molecule has 0 unspecified atom stereocenters. The van der Waals surface area contributed by atoms with E-state index in [2.05, 4.69) is 10.6 Å². The SMILES string of the molecule is CCOC(=O)NCCNC(=O)Cc1ccc(OCC)cc1. The van der Waals surface area contributed by atoms with E-state index in [0.717, 1.165) is 11.3 Å². The molecule has 116 valence electrons. The molecule has 0 bridgehead atoms. The molecule has 0 saturated carbocycles. The molecule has 1 aromatic rings. The number of carbonyl (C=O) groups is 2. The van der Waals surface area contributed by atoms with E-state index in [4.69, 9.17) is 9.47 Å². The van der Waals surface area contributed by atoms with Crippen LogP contribution >= 0.6 is 0 Å². The Kier molecular flexibility index (Phi) is 7.71. The Labute approximate surface area is 124 Å². The number of benzene rings is 1. The summed E-state index contributed by atoms with van der Waals surface area (Å²) in [4.78, 5) is 22.7. The normalized spacial score (nSPS) is 9.81. The molecule has 0 fully saturated rings. The fraction of sp³-hybridized carbons (Fsp3) is 0.467. The number of amides is 2. The van der Waals surface area contributed by atoms with Crippen molar-refractivity contribution >= 4 is 12.0 Å². The number of hydrogen-bond acceptors (Lipinski definition) is 4. The molecular formula is C15H22N2O4. The molecule has 1 rings (SSSR count). The van der Waals surface area contributed by atoms with E-state index < -0.39 is 6.09 Å². The third kappa shape index (κ3) is 7.20. The van der Waals surface area contributed by atoms with E-state index in [1.54, 1.807) is 6.92 Å². The zero-order valence-corrected chi connectivity index (χ0v) is 12.5. The quantitative estimate of drug-likeness (QED) is 0.712. The van der Waals surface area contributed by atoms with Crippen LogP contribution in [0.3, 0.4) is 0 Å². The highest BCUT2D eigenvalue weighted by atomic mass is 16.5. The van der Waals surface area contributed by atoms with Crippen LogP contribution in [0, 0.1) is 0 Å². The number of ether oxygens (including phenoxy) is 2. The standard InChI is InChI=1S/C15H22N2O4/c1-3-20-13-7-5-12(6-8-13)11-14(18)16-9-10-17-15(19)21-4-2/h5-8H,3-4,9-11H2,1-2H3,(H,16,18)(H,17,19). The number of hydrogen-bond donors (Lipinski definition) is 2. The van der Waals surface area contributed by atoms with Gasteiger partial charge in [0.05, 0.1) is 19.6 Å². The second kappa shape index (κ2) is 9.63. The van der Waals surface area contributed by atoms with E-state index in [1.807, 2.05) is 31.2 Å². The second-order valence-electron chi connectivity index (χ2n) is 4.25. The van der Waals surface area contributed by atoms with Crippen LogP contribution in [0.15, 0.2) is 24.3 Å². The molecule has 21 heavy (non-hydrogen) atoms. The van der Waals surface area contributed by atoms with Gasteiger partial charge in [-0.2, -0.15) is 0 Å². The van der Waals surface area contributed by atoms with Crippen LogP contribution in [0.1, 0.15) is 19.4 Å². The Morgan fingerprint density at radius 2 is 1.67 bits per heavy atom. The van der Waals surface area contributed by atoms with Crippen molar-refractivity contribution in [3.8, 4) is 5.75 Å². The van der Waals surface area contributed by atoms with Crippen LogP contribution in [-0.2, 0) is 16.0 Å². The molecule has 0 heterocycles. The number of alkyl carbamates (subject to hydrolysis) is 1. The van der Waals surface area contributed by atoms with E-state index >= 15 is 0 Å². The summed E-state index contributed by atoms with van der Waals surface area (Å²) < 4.78 is 10.0. The molecule has 0 radical (unpaired) electrons. The van der Waals surface area contributed by atoms with Crippen molar-refractivity contribution in [2.24, 2.45) is 0 Å². The van der Waals surface area contributed by atoms with Gasteiger partial charge in [-0.05, 0) is 31.5 Å². The van der Waals surface area contributed by atoms with Crippen molar-refractivity contribution in [2.45, 2.75) is 20.3 Å². The van der Waals surface area contributed by atoms with Crippen LogP contribution in [0.25, 0.3) is 0 Å². The van der Waals surface area contributed by atoms with E-state index in [9.17, 15) is 9.59 Å². The zero-order chi connectivity index (χ0) is 15.5. The number of nitrogens with one attached hydrogen (secondary N) is 2. The Bertz CT molecular complexity index is 445. The van der Waals surface area contributed by atoms with Gasteiger partial charge in [-0.3, -0.25) is 4.79 Å². The van der Waals surface area contributed by atoms with Gasteiger partial charge in [-0.1, -0.05) is 12.1 Å². The smallest absolute Gasteiger partial charge is 0.407 e. The summed E-state index contributed by atoms with van der Waals surface area (Å²) in [5.74, 6) is 0.699. The maximum absolute atomic E-state index is 11.7. The molecule has 0 aliphatic carbocycles. The summed E-state index contributed by atoms with van der Waals surface area (Å²) in [7, 11) is 0. The average Bonchev–Trinajstić information content (AvgIpc) is 2.46. The van der Waals surface area contributed by atoms with Gasteiger partial charge in [0.15, 0.2) is 0 Å². The molecule has 1 aromatic carbocycles. The molecule has 0 spiro atoms. The van der Waals surface area contributed by atoms with Gasteiger partial charge in [0.1, 0.15) is 5.75 Å². The van der Waals surface area contributed by atoms with Gasteiger partial charge >= 0.3 is 6.09 Å². The molecule has 0 saturated heterocycles. The van der Waals surface area contributed by atoms with Crippen LogP contribution < -0.4 is 15.4 Å². The van der Waals surface area contributed by atoms with Gasteiger partial charge in [0, 0.05) is 13.1 Å². The second-order valence-corrected chi connectivity index (χ2v) is 4.25. The van der Waals surface area contributed by atoms with Gasteiger partial charge in [0.2, 0.25) is 5.91 Å². The highest BCUT2D eigenvalue weighted by molar-refractivity contribution is 5.78. The van der Waals surface area contributed by atoms with Crippen molar-refractivity contribution in [1.29, 1.82) is 0 Å². The minimum absolute atomic E-state index is 0.0928. The molecule has 0 aromatic heterocycles. The molecule has 6 heteroatoms. The predicted octanol–water partition coefficient (Wildman–Crippen LogP) is 1.49. The van der Waals surface area contributed by atoms with Gasteiger partial charge in [-0.25, -0.2) is 4.79 Å². The summed E-state index contributed by atoms with van der Waals surface area (Å²) >= 11 is 0. The van der Waals surface area contributed by atoms with Crippen molar-refractivity contribution in [3.05, 3.63) is 29.8 Å². The highest BCUT2D eigenvalue weighted by Gasteiger charge is 2.04. The van der Waals surface area contributed by atoms with E-state index in [0.29, 0.717) is 32.7 Å². The third-order valence-corrected chi connectivity index (χ3v) is 2.59. The lowest BCUT2D eigenvalue weighted by atomic mass is 10.1. The van der Waals surface area contributed by atoms with E-state index in [-0.39, 0.29) is 5.91 Å². The highest BCUT2D eigenvalue weighted by Crippen LogP contribution is 2.12. The monoisotopic (exact) mass is 294 g/mol. The Morgan fingerprint density at radius 3 is 2.29 bits per heavy atom. The zero-order valence-electron chi connectivity index (χ0n) is 12.5. The first-order valence-electron chi connectivity index (χ1n) is 7.04. The first-order chi connectivity index (χ1) is 10.2. The summed E-state index contributed by atoms with van der Waals surface area (Å²) in [6.45, 7) is 5.32. The molecule has 6 nitrogen and oxygen atoms in total. The van der Waals surface area contributed by atoms with Crippen molar-refractivity contribution in [1.82, 2.24) is 10.6 Å². The summed E-state index contributed by atoms with van der Waals surface area (Å²) in [6, 6.07) is 7.41. The molecule has 2 amide bonds. The van der Waals surface area contributed by atoms with Crippen LogP contribution in [-0.4, -0.2) is 38.3 Å². The van der Waals surface area contributed by atoms with Gasteiger partial charge in [0.25, 0.3) is 0 Å². The Hall–Kier alpha value is -2.24. The lowest BCUT2D eigenvalue weighted by Crippen LogP contribution is -2.35. The van der Waals surface area contributed by atoms with Crippen LogP contribution in [0.4, 0.5) is 4.79 Å². The number of rotatable bonds is 8. The molecule has 0 aliphatic heterocycles. The minimum atomic E-state index is -0.474. The Balaban J connectivity index is 2.22. The van der Waals surface area contributed by atoms with Gasteiger partial charge in [-0.15, -0.1) is 0 Å². The first kappa shape index (κ1) is 16.8. The van der Waals surface area contributed by atoms with Crippen LogP contribution in [0.5, 0.6) is 5.75 Å². The average molecular weight is 294 g/mol. The molecular weight excluding hydrogens is 272 g/mol. The minimum Gasteiger partial charge on any atom is -0.494 e. The molecule has 0 atom stereocenters. The van der Waals surface area contributed by atoms with Crippen molar-refractivity contribution in [3.63, 3.8) is 0 Å². The topological polar surface area (TPSA) is 76.7 Å². The van der Waals surface area contributed by atoms with E-state index in [1.165, 1.54) is 0 Å². The maximum atomic E-state index is 11.7. The predicted molar refractivity (Wildman–Crippen MR) is 79.3 cm³/mol. The number of carbonyl (C=O) groups excluding carboxylic acids is 2. The fourth-order valence-corrected chi connectivity index (χ4v) is 1.67. The molecule has 2 N–H and O–H groups in total. The third-order valence-electron chi connectivity index (χ3n) is 2.59. The fourth-order valence-electron chi connectivity index (χ4n) is 1.67. The van der Waals surface area contributed by atoms with Crippen LogP contribution in [0.2, 0.25) is 0 Å². The summed E-state index contributed by atoms with van der Waals surface area (Å²) in [5.41, 5.74) is 0.911.